The van der Waals surface area contributed by atoms with Gasteiger partial charge in [-0.05, 0) is 13.3 Å². The van der Waals surface area contributed by atoms with Crippen molar-refractivity contribution in [2.45, 2.75) is 23.7 Å². The van der Waals surface area contributed by atoms with Crippen molar-refractivity contribution in [1.29, 1.82) is 0 Å². The smallest absolute Gasteiger partial charge is 0.0718 e. The fourth-order valence-corrected chi connectivity index (χ4v) is 1.16. The molecular formula is C7H10I. The summed E-state index contributed by atoms with van der Waals surface area (Å²) >= 11 is 2.33. The van der Waals surface area contributed by atoms with Crippen molar-refractivity contribution in [3.8, 4) is 11.8 Å². The molecule has 1 unspecified atom stereocenters. The maximum atomic E-state index is 3.74. The summed E-state index contributed by atoms with van der Waals surface area (Å²) in [6, 6.07) is 0. The fraction of sp³-hybridized carbons (Fsp3) is 0.571. The molecule has 0 fully saturated rings. The number of hydrogen-bond donors (Lipinski definition) is 0. The Hall–Kier alpha value is 0.290. The minimum Gasteiger partial charge on any atom is -0.106 e. The molecule has 1 heteroatoms. The van der Waals surface area contributed by atoms with Crippen LogP contribution in [0.5, 0.6) is 0 Å². The van der Waals surface area contributed by atoms with Crippen molar-refractivity contribution in [1.82, 2.24) is 0 Å². The van der Waals surface area contributed by atoms with Crippen molar-refractivity contribution in [3.63, 3.8) is 0 Å². The molecular weight excluding hydrogens is 211 g/mol. The van der Waals surface area contributed by atoms with Crippen molar-refractivity contribution in [3.05, 3.63) is 6.92 Å². The van der Waals surface area contributed by atoms with Crippen LogP contribution in [0, 0.1) is 18.8 Å². The third-order valence-electron chi connectivity index (χ3n) is 0.759. The second-order valence-electron chi connectivity index (χ2n) is 1.50. The van der Waals surface area contributed by atoms with Gasteiger partial charge in [0.15, 0.2) is 0 Å². The quantitative estimate of drug-likeness (QED) is 0.381. The van der Waals surface area contributed by atoms with Gasteiger partial charge in [-0.25, -0.2) is 0 Å². The van der Waals surface area contributed by atoms with Crippen LogP contribution in [0.15, 0.2) is 0 Å². The van der Waals surface area contributed by atoms with E-state index in [1.807, 2.05) is 6.92 Å². The van der Waals surface area contributed by atoms with E-state index in [-0.39, 0.29) is 0 Å². The number of hydrogen-bond acceptors (Lipinski definition) is 0. The summed E-state index contributed by atoms with van der Waals surface area (Å²) in [5.41, 5.74) is 0. The zero-order valence-electron chi connectivity index (χ0n) is 5.08. The molecule has 0 heterocycles. The van der Waals surface area contributed by atoms with Crippen LogP contribution in [0.2, 0.25) is 0 Å². The molecule has 45 valence electrons. The fourth-order valence-electron chi connectivity index (χ4n) is 0.408. The SMILES string of the molecule is [CH2]CCC(I)C#CC. The lowest BCUT2D eigenvalue weighted by Crippen LogP contribution is -1.89. The summed E-state index contributed by atoms with van der Waals surface area (Å²) in [5.74, 6) is 5.91. The van der Waals surface area contributed by atoms with E-state index >= 15 is 0 Å². The summed E-state index contributed by atoms with van der Waals surface area (Å²) in [6.07, 6.45) is 2.10. The number of alkyl halides is 1. The molecule has 0 saturated carbocycles. The van der Waals surface area contributed by atoms with Crippen LogP contribution in [0.3, 0.4) is 0 Å². The predicted molar refractivity (Wildman–Crippen MR) is 45.8 cm³/mol. The number of halogens is 1. The molecule has 0 rings (SSSR count). The third-order valence-corrected chi connectivity index (χ3v) is 1.69. The van der Waals surface area contributed by atoms with Crippen molar-refractivity contribution < 1.29 is 0 Å². The highest BCUT2D eigenvalue weighted by molar-refractivity contribution is 14.1. The van der Waals surface area contributed by atoms with E-state index in [1.165, 1.54) is 0 Å². The largest absolute Gasteiger partial charge is 0.106 e. The van der Waals surface area contributed by atoms with Gasteiger partial charge >= 0.3 is 0 Å². The highest BCUT2D eigenvalue weighted by Gasteiger charge is 1.92. The minimum atomic E-state index is 0.509. The van der Waals surface area contributed by atoms with E-state index in [0.29, 0.717) is 3.92 Å². The molecule has 0 aromatic carbocycles. The monoisotopic (exact) mass is 221 g/mol. The van der Waals surface area contributed by atoms with Crippen molar-refractivity contribution in [2.75, 3.05) is 0 Å². The summed E-state index contributed by atoms with van der Waals surface area (Å²) in [5, 5.41) is 0. The molecule has 0 aromatic heterocycles. The Balaban J connectivity index is 3.27. The van der Waals surface area contributed by atoms with Gasteiger partial charge in [-0.1, -0.05) is 41.9 Å². The van der Waals surface area contributed by atoms with Crippen LogP contribution in [0.4, 0.5) is 0 Å². The molecule has 0 bridgehead atoms. The van der Waals surface area contributed by atoms with Gasteiger partial charge in [0.2, 0.25) is 0 Å². The summed E-state index contributed by atoms with van der Waals surface area (Å²) < 4.78 is 0.509. The minimum absolute atomic E-state index is 0.509. The molecule has 0 aliphatic rings. The van der Waals surface area contributed by atoms with Gasteiger partial charge in [0.25, 0.3) is 0 Å². The summed E-state index contributed by atoms with van der Waals surface area (Å²) in [7, 11) is 0. The summed E-state index contributed by atoms with van der Waals surface area (Å²) in [4.78, 5) is 0. The summed E-state index contributed by atoms with van der Waals surface area (Å²) in [6.45, 7) is 5.61. The molecule has 1 atom stereocenters. The van der Waals surface area contributed by atoms with E-state index in [4.69, 9.17) is 0 Å². The van der Waals surface area contributed by atoms with Crippen LogP contribution < -0.4 is 0 Å². The molecule has 0 N–H and O–H groups in total. The second-order valence-corrected chi connectivity index (χ2v) is 3.01. The Labute approximate surface area is 65.2 Å². The van der Waals surface area contributed by atoms with Crippen LogP contribution in [-0.2, 0) is 0 Å². The molecule has 0 aromatic rings. The molecule has 0 aliphatic carbocycles. The standard InChI is InChI=1S/C7H10I/c1-3-5-7(8)6-4-2/h7H,1,3,5H2,2H3. The first-order chi connectivity index (χ1) is 3.81. The van der Waals surface area contributed by atoms with Crippen LogP contribution in [-0.4, -0.2) is 3.92 Å². The Kier molecular flexibility index (Phi) is 5.62. The molecule has 0 nitrogen and oxygen atoms in total. The third kappa shape index (κ3) is 4.45. The van der Waals surface area contributed by atoms with E-state index in [2.05, 4.69) is 41.4 Å². The lowest BCUT2D eigenvalue weighted by molar-refractivity contribution is 0.917. The predicted octanol–water partition coefficient (Wildman–Crippen LogP) is 2.43. The molecule has 0 spiro atoms. The second kappa shape index (κ2) is 5.43. The van der Waals surface area contributed by atoms with Crippen LogP contribution in [0.1, 0.15) is 19.8 Å². The van der Waals surface area contributed by atoms with Gasteiger partial charge in [-0.2, -0.15) is 0 Å². The molecule has 0 aliphatic heterocycles. The van der Waals surface area contributed by atoms with Gasteiger partial charge < -0.3 is 0 Å². The van der Waals surface area contributed by atoms with Gasteiger partial charge in [0.05, 0.1) is 3.92 Å². The molecule has 0 amide bonds. The Morgan fingerprint density at radius 3 is 2.75 bits per heavy atom. The van der Waals surface area contributed by atoms with E-state index in [1.54, 1.807) is 0 Å². The van der Waals surface area contributed by atoms with Crippen LogP contribution in [0.25, 0.3) is 0 Å². The first-order valence-electron chi connectivity index (χ1n) is 2.67. The molecule has 0 saturated heterocycles. The maximum Gasteiger partial charge on any atom is 0.0718 e. The first-order valence-corrected chi connectivity index (χ1v) is 3.91. The normalized spacial score (nSPS) is 11.9. The van der Waals surface area contributed by atoms with Gasteiger partial charge in [-0.15, -0.1) is 5.92 Å². The zero-order valence-corrected chi connectivity index (χ0v) is 7.23. The van der Waals surface area contributed by atoms with Crippen LogP contribution >= 0.6 is 22.6 Å². The molecule has 1 radical (unpaired) electrons. The average molecular weight is 221 g/mol. The Morgan fingerprint density at radius 1 is 1.75 bits per heavy atom. The highest BCUT2D eigenvalue weighted by atomic mass is 127. The lowest BCUT2D eigenvalue weighted by atomic mass is 10.2. The average Bonchev–Trinajstić information content (AvgIpc) is 1.68. The first kappa shape index (κ1) is 8.29. The highest BCUT2D eigenvalue weighted by Crippen LogP contribution is 2.05. The van der Waals surface area contributed by atoms with Crippen molar-refractivity contribution in [2.24, 2.45) is 0 Å². The van der Waals surface area contributed by atoms with Gasteiger partial charge in [-0.3, -0.25) is 0 Å². The van der Waals surface area contributed by atoms with E-state index in [9.17, 15) is 0 Å². The van der Waals surface area contributed by atoms with Gasteiger partial charge in [0.1, 0.15) is 0 Å². The Morgan fingerprint density at radius 2 is 2.38 bits per heavy atom. The number of rotatable bonds is 2. The van der Waals surface area contributed by atoms with Gasteiger partial charge in [0, 0.05) is 0 Å². The zero-order chi connectivity index (χ0) is 6.41. The Bertz CT molecular complexity index is 96.7. The van der Waals surface area contributed by atoms with Crippen molar-refractivity contribution >= 4 is 22.6 Å². The lowest BCUT2D eigenvalue weighted by Gasteiger charge is -1.94. The van der Waals surface area contributed by atoms with E-state index < -0.39 is 0 Å². The topological polar surface area (TPSA) is 0 Å². The molecule has 8 heavy (non-hydrogen) atoms. The van der Waals surface area contributed by atoms with E-state index in [0.717, 1.165) is 12.8 Å². The maximum absolute atomic E-state index is 3.74.